The molecule has 0 bridgehead atoms. The van der Waals surface area contributed by atoms with Crippen LogP contribution in [0.4, 0.5) is 13.2 Å². The average molecular weight is 590 g/mol. The lowest BCUT2D eigenvalue weighted by Gasteiger charge is -2.33. The van der Waals surface area contributed by atoms with Crippen LogP contribution in [-0.2, 0) is 20.4 Å². The number of halogens is 3. The fraction of sp³-hybridized carbons (Fsp3) is 0.478. The van der Waals surface area contributed by atoms with Crippen LogP contribution in [0.25, 0.3) is 21.3 Å². The van der Waals surface area contributed by atoms with E-state index in [2.05, 4.69) is 15.2 Å². The number of hydrogen-bond donors (Lipinski definition) is 2. The van der Waals surface area contributed by atoms with E-state index >= 15 is 0 Å². The molecule has 16 heteroatoms. The number of nitrogens with zero attached hydrogens (tertiary/aromatic N) is 4. The molecule has 3 heterocycles. The fourth-order valence-corrected chi connectivity index (χ4v) is 6.24. The maximum absolute atomic E-state index is 13.7. The van der Waals surface area contributed by atoms with Crippen molar-refractivity contribution in [3.63, 3.8) is 0 Å². The van der Waals surface area contributed by atoms with E-state index in [1.807, 2.05) is 0 Å². The van der Waals surface area contributed by atoms with E-state index in [0.29, 0.717) is 6.92 Å². The molecule has 0 spiro atoms. The topological polar surface area (TPSA) is 148 Å². The van der Waals surface area contributed by atoms with Crippen molar-refractivity contribution in [2.45, 2.75) is 56.5 Å². The molecular formula is C23H26F3N5O6S2. The summed E-state index contributed by atoms with van der Waals surface area (Å²) in [5.41, 5.74) is -1.64. The zero-order valence-corrected chi connectivity index (χ0v) is 22.9. The summed E-state index contributed by atoms with van der Waals surface area (Å²) in [6.45, 7) is 6.14. The van der Waals surface area contributed by atoms with E-state index in [1.54, 1.807) is 11.6 Å². The van der Waals surface area contributed by atoms with Crippen molar-refractivity contribution < 1.29 is 40.6 Å². The van der Waals surface area contributed by atoms with Crippen LogP contribution in [0.5, 0.6) is 0 Å². The van der Waals surface area contributed by atoms with Gasteiger partial charge < -0.3 is 19.2 Å². The second-order valence-electron chi connectivity index (χ2n) is 9.47. The van der Waals surface area contributed by atoms with Crippen LogP contribution in [0.1, 0.15) is 44.1 Å². The second-order valence-corrected chi connectivity index (χ2v) is 12.2. The normalized spacial score (nSPS) is 17.8. The average Bonchev–Trinajstić information content (AvgIpc) is 3.51. The number of morpholine rings is 1. The minimum atomic E-state index is -4.82. The molecule has 0 aliphatic carbocycles. The number of alkyl halides is 3. The highest BCUT2D eigenvalue weighted by Gasteiger charge is 2.40. The summed E-state index contributed by atoms with van der Waals surface area (Å²) >= 11 is 0.856. The molecule has 2 N–H and O–H groups in total. The highest BCUT2D eigenvalue weighted by atomic mass is 32.2. The molecule has 0 radical (unpaired) electrons. The molecule has 0 saturated carbocycles. The van der Waals surface area contributed by atoms with Gasteiger partial charge in [0, 0.05) is 12.1 Å². The Balaban J connectivity index is 1.86. The third kappa shape index (κ3) is 6.14. The van der Waals surface area contributed by atoms with Crippen molar-refractivity contribution in [2.75, 3.05) is 19.8 Å². The zero-order valence-electron chi connectivity index (χ0n) is 21.3. The number of aliphatic hydroxyl groups is 1. The monoisotopic (exact) mass is 589 g/mol. The van der Waals surface area contributed by atoms with Gasteiger partial charge in [0.15, 0.2) is 5.01 Å². The van der Waals surface area contributed by atoms with Gasteiger partial charge in [-0.3, -0.25) is 4.79 Å². The summed E-state index contributed by atoms with van der Waals surface area (Å²) < 4.78 is 78.3. The van der Waals surface area contributed by atoms with Gasteiger partial charge in [-0.1, -0.05) is 18.2 Å². The van der Waals surface area contributed by atoms with Gasteiger partial charge in [0.25, 0.3) is 11.8 Å². The second kappa shape index (κ2) is 10.6. The minimum Gasteiger partial charge on any atom is -0.415 e. The Bertz CT molecular complexity index is 1470. The molecule has 212 valence electrons. The van der Waals surface area contributed by atoms with E-state index in [-0.39, 0.29) is 58.7 Å². The van der Waals surface area contributed by atoms with E-state index in [4.69, 9.17) is 9.15 Å². The summed E-state index contributed by atoms with van der Waals surface area (Å²) in [5, 5.41) is 18.0. The number of carbonyl (C=O) groups is 1. The van der Waals surface area contributed by atoms with Gasteiger partial charge >= 0.3 is 6.18 Å². The molecule has 1 fully saturated rings. The van der Waals surface area contributed by atoms with Crippen LogP contribution in [0.2, 0.25) is 0 Å². The Morgan fingerprint density at radius 3 is 2.56 bits per heavy atom. The zero-order chi connectivity index (χ0) is 28.8. The van der Waals surface area contributed by atoms with Gasteiger partial charge in [-0.2, -0.15) is 17.9 Å². The highest BCUT2D eigenvalue weighted by molar-refractivity contribution is 7.89. The Hall–Kier alpha value is -2.92. The number of hydrogen-bond acceptors (Lipinski definition) is 10. The highest BCUT2D eigenvalue weighted by Crippen LogP contribution is 2.39. The van der Waals surface area contributed by atoms with Crippen molar-refractivity contribution in [2.24, 2.45) is 0 Å². The number of nitrogens with one attached hydrogen (secondary N) is 1. The lowest BCUT2D eigenvalue weighted by atomic mass is 10.1. The Kier molecular flexibility index (Phi) is 7.88. The first-order chi connectivity index (χ1) is 18.1. The number of ether oxygens (including phenoxy) is 1. The van der Waals surface area contributed by atoms with Crippen LogP contribution in [0, 0.1) is 0 Å². The van der Waals surface area contributed by atoms with Crippen LogP contribution in [0.15, 0.2) is 33.6 Å². The maximum Gasteiger partial charge on any atom is 0.404 e. The van der Waals surface area contributed by atoms with Crippen molar-refractivity contribution in [3.8, 4) is 21.3 Å². The molecule has 39 heavy (non-hydrogen) atoms. The quantitative estimate of drug-likeness (QED) is 0.424. The minimum absolute atomic E-state index is 0.0328. The van der Waals surface area contributed by atoms with Gasteiger partial charge in [0.05, 0.1) is 29.0 Å². The Morgan fingerprint density at radius 2 is 1.95 bits per heavy atom. The first-order valence-electron chi connectivity index (χ1n) is 11.7. The number of aromatic nitrogens is 3. The summed E-state index contributed by atoms with van der Waals surface area (Å²) in [6, 6.07) is 2.69. The molecule has 0 unspecified atom stereocenters. The number of benzene rings is 1. The molecular weight excluding hydrogens is 563 g/mol. The van der Waals surface area contributed by atoms with Crippen molar-refractivity contribution in [1.82, 2.24) is 24.8 Å². The summed E-state index contributed by atoms with van der Waals surface area (Å²) in [6.07, 6.45) is -4.82. The molecule has 11 nitrogen and oxygen atoms in total. The van der Waals surface area contributed by atoms with Gasteiger partial charge in [-0.15, -0.1) is 21.5 Å². The lowest BCUT2D eigenvalue weighted by Crippen LogP contribution is -2.47. The van der Waals surface area contributed by atoms with Crippen LogP contribution >= 0.6 is 11.3 Å². The van der Waals surface area contributed by atoms with E-state index in [9.17, 15) is 31.5 Å². The predicted octanol–water partition coefficient (Wildman–Crippen LogP) is 3.18. The molecule has 4 rings (SSSR count). The maximum atomic E-state index is 13.7. The third-order valence-electron chi connectivity index (χ3n) is 5.83. The molecule has 3 aromatic rings. The summed E-state index contributed by atoms with van der Waals surface area (Å²) in [4.78, 5) is 19.2. The first-order valence-corrected chi connectivity index (χ1v) is 14.0. The van der Waals surface area contributed by atoms with Crippen LogP contribution in [0.3, 0.4) is 0 Å². The van der Waals surface area contributed by atoms with Crippen LogP contribution in [-0.4, -0.2) is 77.5 Å². The van der Waals surface area contributed by atoms with Crippen LogP contribution < -0.4 is 4.72 Å². The first kappa shape index (κ1) is 29.1. The van der Waals surface area contributed by atoms with Gasteiger partial charge in [0.2, 0.25) is 15.9 Å². The van der Waals surface area contributed by atoms with Crippen molar-refractivity contribution >= 4 is 27.3 Å². The lowest BCUT2D eigenvalue weighted by molar-refractivity contribution is -0.147. The Morgan fingerprint density at radius 1 is 1.26 bits per heavy atom. The third-order valence-corrected chi connectivity index (χ3v) is 8.51. The molecule has 2 aromatic heterocycles. The molecule has 1 amide bonds. The van der Waals surface area contributed by atoms with Gasteiger partial charge in [-0.05, 0) is 33.8 Å². The fourth-order valence-electron chi connectivity index (χ4n) is 3.71. The predicted molar refractivity (Wildman–Crippen MR) is 133 cm³/mol. The Labute approximate surface area is 226 Å². The van der Waals surface area contributed by atoms with E-state index in [1.165, 1.54) is 36.9 Å². The molecule has 1 saturated heterocycles. The summed E-state index contributed by atoms with van der Waals surface area (Å²) in [5.74, 6) is -0.775. The molecule has 2 atom stereocenters. The van der Waals surface area contributed by atoms with Crippen molar-refractivity contribution in [1.29, 1.82) is 0 Å². The number of carbonyl (C=O) groups excluding carboxylic acids is 1. The van der Waals surface area contributed by atoms with Gasteiger partial charge in [-0.25, -0.2) is 13.4 Å². The SMILES string of the molecule is C[C@H](NS(=O)(=O)c1ccccc1-c1sc(-c2nnc(C(C)(C)O)o2)nc1C(=O)N1CCOC[C@@H]1C)C(F)(F)F. The largest absolute Gasteiger partial charge is 0.415 e. The molecule has 1 aliphatic heterocycles. The van der Waals surface area contributed by atoms with E-state index in [0.717, 1.165) is 17.4 Å². The smallest absolute Gasteiger partial charge is 0.404 e. The number of rotatable bonds is 7. The van der Waals surface area contributed by atoms with Gasteiger partial charge in [0.1, 0.15) is 17.3 Å². The van der Waals surface area contributed by atoms with Crippen molar-refractivity contribution in [3.05, 3.63) is 35.9 Å². The number of sulfonamides is 1. The molecule has 1 aliphatic rings. The number of amides is 1. The standard InChI is InChI=1S/C23H26F3N5O6S2/c1-12-11-36-10-9-31(12)20(32)16-17(38-19(27-16)18-28-29-21(37-18)22(3,4)33)14-7-5-6-8-15(14)39(34,35)30-13(2)23(24,25)26/h5-8,12-13,30,33H,9-11H2,1-4H3/t12-,13-/m0/s1. The summed E-state index contributed by atoms with van der Waals surface area (Å²) in [7, 11) is -4.69. The molecule has 1 aromatic carbocycles. The number of thiazole rings is 1. The van der Waals surface area contributed by atoms with E-state index < -0.39 is 38.6 Å².